The zero-order valence-electron chi connectivity index (χ0n) is 10.3. The van der Waals surface area contributed by atoms with E-state index in [1.165, 1.54) is 12.8 Å². The number of nitrogens with zero attached hydrogens (tertiary/aromatic N) is 3. The topological polar surface area (TPSA) is 47.1 Å². The number of aromatic nitrogens is 2. The molecule has 0 aromatic carbocycles. The van der Waals surface area contributed by atoms with Crippen molar-refractivity contribution in [3.8, 4) is 0 Å². The van der Waals surface area contributed by atoms with Crippen LogP contribution in [0, 0.1) is 5.92 Å². The summed E-state index contributed by atoms with van der Waals surface area (Å²) in [6.07, 6.45) is 6.40. The molecule has 0 spiro atoms. The summed E-state index contributed by atoms with van der Waals surface area (Å²) in [7, 11) is 2.05. The minimum absolute atomic E-state index is 0.652. The molecule has 90 valence electrons. The second-order valence-electron chi connectivity index (χ2n) is 4.91. The Morgan fingerprint density at radius 3 is 2.94 bits per heavy atom. The van der Waals surface area contributed by atoms with Gasteiger partial charge in [-0.2, -0.15) is 0 Å². The first-order chi connectivity index (χ1) is 7.70. The fourth-order valence-corrected chi connectivity index (χ4v) is 2.41. The Labute approximate surface area is 97.4 Å². The van der Waals surface area contributed by atoms with Gasteiger partial charge in [-0.3, -0.25) is 4.90 Å². The lowest BCUT2D eigenvalue weighted by Gasteiger charge is -2.37. The molecule has 2 atom stereocenters. The number of aryl methyl sites for hydroxylation is 1. The van der Waals surface area contributed by atoms with Gasteiger partial charge in [0, 0.05) is 32.0 Å². The first-order valence-corrected chi connectivity index (χ1v) is 6.11. The monoisotopic (exact) mass is 222 g/mol. The largest absolute Gasteiger partial charge is 0.337 e. The summed E-state index contributed by atoms with van der Waals surface area (Å²) in [6, 6.07) is 0.652. The minimum atomic E-state index is 0.652. The number of hydrogen-bond donors (Lipinski definition) is 1. The molecule has 4 heteroatoms. The molecular formula is C12H22N4. The Balaban J connectivity index is 1.99. The first-order valence-electron chi connectivity index (χ1n) is 6.11. The molecule has 1 aromatic heterocycles. The van der Waals surface area contributed by atoms with E-state index in [1.54, 1.807) is 0 Å². The second-order valence-corrected chi connectivity index (χ2v) is 4.91. The number of imidazole rings is 1. The Morgan fingerprint density at radius 1 is 1.50 bits per heavy atom. The Morgan fingerprint density at radius 2 is 2.31 bits per heavy atom. The number of hydrogen-bond acceptors (Lipinski definition) is 3. The van der Waals surface area contributed by atoms with Crippen LogP contribution in [-0.2, 0) is 13.6 Å². The fraction of sp³-hybridized carbons (Fsp3) is 0.750. The van der Waals surface area contributed by atoms with E-state index in [0.29, 0.717) is 12.0 Å². The van der Waals surface area contributed by atoms with Gasteiger partial charge in [0.1, 0.15) is 5.82 Å². The highest BCUT2D eigenvalue weighted by Crippen LogP contribution is 2.22. The summed E-state index contributed by atoms with van der Waals surface area (Å²) in [5, 5.41) is 0. The highest BCUT2D eigenvalue weighted by atomic mass is 15.2. The molecule has 1 aliphatic heterocycles. The average molecular weight is 222 g/mol. The Kier molecular flexibility index (Phi) is 3.61. The minimum Gasteiger partial charge on any atom is -0.337 e. The smallest absolute Gasteiger partial charge is 0.122 e. The third-order valence-corrected chi connectivity index (χ3v) is 3.71. The zero-order valence-corrected chi connectivity index (χ0v) is 10.3. The highest BCUT2D eigenvalue weighted by molar-refractivity contribution is 4.93. The van der Waals surface area contributed by atoms with Crippen LogP contribution in [0.25, 0.3) is 0 Å². The van der Waals surface area contributed by atoms with Crippen molar-refractivity contribution in [1.29, 1.82) is 0 Å². The van der Waals surface area contributed by atoms with Crippen molar-refractivity contribution in [1.82, 2.24) is 14.5 Å². The van der Waals surface area contributed by atoms with Crippen LogP contribution in [0.2, 0.25) is 0 Å². The molecule has 2 unspecified atom stereocenters. The number of likely N-dealkylation sites (tertiary alicyclic amines) is 1. The Hall–Kier alpha value is -0.870. The molecule has 0 radical (unpaired) electrons. The molecule has 0 bridgehead atoms. The van der Waals surface area contributed by atoms with Crippen LogP contribution in [0.15, 0.2) is 12.4 Å². The van der Waals surface area contributed by atoms with Crippen LogP contribution >= 0.6 is 0 Å². The summed E-state index contributed by atoms with van der Waals surface area (Å²) in [4.78, 5) is 6.89. The van der Waals surface area contributed by atoms with E-state index in [4.69, 9.17) is 5.73 Å². The summed E-state index contributed by atoms with van der Waals surface area (Å²) in [5.74, 6) is 1.81. The molecule has 16 heavy (non-hydrogen) atoms. The quantitative estimate of drug-likeness (QED) is 0.829. The maximum absolute atomic E-state index is 5.77. The molecule has 1 aliphatic rings. The maximum atomic E-state index is 5.77. The van der Waals surface area contributed by atoms with E-state index in [9.17, 15) is 0 Å². The van der Waals surface area contributed by atoms with Gasteiger partial charge in [-0.05, 0) is 32.2 Å². The molecule has 0 aliphatic carbocycles. The predicted molar refractivity (Wildman–Crippen MR) is 64.9 cm³/mol. The Bertz CT molecular complexity index is 334. The van der Waals surface area contributed by atoms with Gasteiger partial charge in [-0.25, -0.2) is 4.98 Å². The highest BCUT2D eigenvalue weighted by Gasteiger charge is 2.25. The molecule has 1 saturated heterocycles. The summed E-state index contributed by atoms with van der Waals surface area (Å²) in [5.41, 5.74) is 5.77. The van der Waals surface area contributed by atoms with Gasteiger partial charge in [-0.15, -0.1) is 0 Å². The van der Waals surface area contributed by atoms with E-state index in [0.717, 1.165) is 25.5 Å². The molecule has 0 amide bonds. The fourth-order valence-electron chi connectivity index (χ4n) is 2.41. The maximum Gasteiger partial charge on any atom is 0.122 e. The van der Waals surface area contributed by atoms with Crippen molar-refractivity contribution < 1.29 is 0 Å². The van der Waals surface area contributed by atoms with E-state index in [-0.39, 0.29) is 0 Å². The van der Waals surface area contributed by atoms with Crippen molar-refractivity contribution in [2.45, 2.75) is 32.4 Å². The van der Waals surface area contributed by atoms with Crippen LogP contribution in [0.3, 0.4) is 0 Å². The molecule has 2 N–H and O–H groups in total. The average Bonchev–Trinajstić information content (AvgIpc) is 2.68. The molecular weight excluding hydrogens is 200 g/mol. The second kappa shape index (κ2) is 4.97. The van der Waals surface area contributed by atoms with Gasteiger partial charge >= 0.3 is 0 Å². The lowest BCUT2D eigenvalue weighted by atomic mass is 9.93. The van der Waals surface area contributed by atoms with Crippen LogP contribution in [-0.4, -0.2) is 33.6 Å². The summed E-state index contributed by atoms with van der Waals surface area (Å²) >= 11 is 0. The van der Waals surface area contributed by atoms with Gasteiger partial charge < -0.3 is 10.3 Å². The van der Waals surface area contributed by atoms with E-state index in [2.05, 4.69) is 28.4 Å². The van der Waals surface area contributed by atoms with E-state index in [1.807, 2.05) is 12.4 Å². The number of rotatable bonds is 3. The summed E-state index contributed by atoms with van der Waals surface area (Å²) in [6.45, 7) is 5.17. The van der Waals surface area contributed by atoms with E-state index < -0.39 is 0 Å². The van der Waals surface area contributed by atoms with Gasteiger partial charge in [0.05, 0.1) is 6.54 Å². The van der Waals surface area contributed by atoms with Gasteiger partial charge in [0.15, 0.2) is 0 Å². The lowest BCUT2D eigenvalue weighted by molar-refractivity contribution is 0.109. The lowest BCUT2D eigenvalue weighted by Crippen LogP contribution is -2.43. The van der Waals surface area contributed by atoms with Crippen molar-refractivity contribution in [3.63, 3.8) is 0 Å². The summed E-state index contributed by atoms with van der Waals surface area (Å²) < 4.78 is 2.10. The van der Waals surface area contributed by atoms with Crippen molar-refractivity contribution in [3.05, 3.63) is 18.2 Å². The van der Waals surface area contributed by atoms with E-state index >= 15 is 0 Å². The van der Waals surface area contributed by atoms with Crippen LogP contribution < -0.4 is 5.73 Å². The van der Waals surface area contributed by atoms with Crippen LogP contribution in [0.4, 0.5) is 0 Å². The zero-order chi connectivity index (χ0) is 11.5. The normalized spacial score (nSPS) is 27.2. The van der Waals surface area contributed by atoms with Crippen LogP contribution in [0.1, 0.15) is 25.6 Å². The molecule has 1 aromatic rings. The molecule has 4 nitrogen and oxygen atoms in total. The number of nitrogens with two attached hydrogens (primary N) is 1. The van der Waals surface area contributed by atoms with Gasteiger partial charge in [0.2, 0.25) is 0 Å². The SMILES string of the molecule is CC1CCC(CN)CN1Cc1nccn1C. The molecule has 2 heterocycles. The molecule has 1 fully saturated rings. The van der Waals surface area contributed by atoms with Crippen molar-refractivity contribution >= 4 is 0 Å². The number of piperidine rings is 1. The van der Waals surface area contributed by atoms with Crippen LogP contribution in [0.5, 0.6) is 0 Å². The molecule has 2 rings (SSSR count). The standard InChI is InChI=1S/C12H22N4/c1-10-3-4-11(7-13)8-16(10)9-12-14-5-6-15(12)2/h5-6,10-11H,3-4,7-9,13H2,1-2H3. The third kappa shape index (κ3) is 2.44. The molecule has 0 saturated carbocycles. The van der Waals surface area contributed by atoms with Crippen molar-refractivity contribution in [2.75, 3.05) is 13.1 Å². The van der Waals surface area contributed by atoms with Gasteiger partial charge in [-0.1, -0.05) is 0 Å². The predicted octanol–water partition coefficient (Wildman–Crippen LogP) is 0.979. The third-order valence-electron chi connectivity index (χ3n) is 3.71. The van der Waals surface area contributed by atoms with Crippen molar-refractivity contribution in [2.24, 2.45) is 18.7 Å². The first kappa shape index (κ1) is 11.6. The van der Waals surface area contributed by atoms with Gasteiger partial charge in [0.25, 0.3) is 0 Å².